The van der Waals surface area contributed by atoms with E-state index in [1.807, 2.05) is 17.0 Å². The van der Waals surface area contributed by atoms with Gasteiger partial charge < -0.3 is 19.7 Å². The second-order valence-electron chi connectivity index (χ2n) is 9.00. The van der Waals surface area contributed by atoms with Crippen LogP contribution in [0.4, 0.5) is 16.0 Å². The number of rotatable bonds is 4. The molecule has 200 valence electrons. The lowest BCUT2D eigenvalue weighted by atomic mass is 10.1. The van der Waals surface area contributed by atoms with Gasteiger partial charge in [0.15, 0.2) is 21.4 Å². The van der Waals surface area contributed by atoms with Crippen molar-refractivity contribution in [3.8, 4) is 5.75 Å². The first-order valence-corrected chi connectivity index (χ1v) is 14.0. The van der Waals surface area contributed by atoms with Crippen LogP contribution in [0.2, 0.25) is 5.02 Å². The summed E-state index contributed by atoms with van der Waals surface area (Å²) in [5.74, 6) is 0.137. The Kier molecular flexibility index (Phi) is 6.53. The van der Waals surface area contributed by atoms with Crippen LogP contribution in [0.3, 0.4) is 0 Å². The van der Waals surface area contributed by atoms with Crippen LogP contribution < -0.4 is 15.0 Å². The van der Waals surface area contributed by atoms with Gasteiger partial charge >= 0.3 is 0 Å². The third kappa shape index (κ3) is 4.98. The quantitative estimate of drug-likeness (QED) is 0.393. The highest BCUT2D eigenvalue weighted by Crippen LogP contribution is 2.36. The fourth-order valence-corrected chi connectivity index (χ4v) is 6.02. The van der Waals surface area contributed by atoms with E-state index in [1.165, 1.54) is 6.07 Å². The Labute approximate surface area is 227 Å². The van der Waals surface area contributed by atoms with E-state index in [1.54, 1.807) is 24.5 Å². The molecule has 3 aromatic heterocycles. The standard InChI is InChI=1S/C26H21ClFN5O5S/c27-17-9-22-25(30-12-17)33(3-4-38-22)24-2-1-15-11-29-18(10-21(15)32-24)13-31-26(34)16-7-20(28)19-14-37-5-6-39(35,36)23(19)8-16/h1-2,7-12H,3-6,13-14H2,(H,31,34). The molecule has 1 aromatic carbocycles. The summed E-state index contributed by atoms with van der Waals surface area (Å²) in [6.45, 7) is 0.811. The first kappa shape index (κ1) is 25.4. The van der Waals surface area contributed by atoms with Crippen molar-refractivity contribution in [1.82, 2.24) is 20.3 Å². The molecular weight excluding hydrogens is 549 g/mol. The van der Waals surface area contributed by atoms with Gasteiger partial charge in [-0.1, -0.05) is 11.6 Å². The van der Waals surface area contributed by atoms with Crippen molar-refractivity contribution in [2.24, 2.45) is 0 Å². The van der Waals surface area contributed by atoms with Crippen LogP contribution in [-0.4, -0.2) is 54.8 Å². The fourth-order valence-electron chi connectivity index (χ4n) is 4.48. The molecule has 2 aliphatic heterocycles. The summed E-state index contributed by atoms with van der Waals surface area (Å²) >= 11 is 6.05. The van der Waals surface area contributed by atoms with Crippen molar-refractivity contribution >= 4 is 49.9 Å². The van der Waals surface area contributed by atoms with E-state index in [0.717, 1.165) is 11.5 Å². The number of hydrogen-bond acceptors (Lipinski definition) is 9. The number of ether oxygens (including phenoxy) is 2. The van der Waals surface area contributed by atoms with Crippen LogP contribution in [0.15, 0.2) is 53.7 Å². The Hall–Kier alpha value is -3.87. The zero-order valence-corrected chi connectivity index (χ0v) is 21.9. The summed E-state index contributed by atoms with van der Waals surface area (Å²) < 4.78 is 50.6. The van der Waals surface area contributed by atoms with Crippen LogP contribution >= 0.6 is 11.6 Å². The summed E-state index contributed by atoms with van der Waals surface area (Å²) in [6, 6.07) is 9.42. The van der Waals surface area contributed by atoms with Gasteiger partial charge in [-0.25, -0.2) is 22.8 Å². The Morgan fingerprint density at radius 3 is 2.87 bits per heavy atom. The number of amides is 1. The van der Waals surface area contributed by atoms with Gasteiger partial charge in [0.05, 0.1) is 53.2 Å². The number of fused-ring (bicyclic) bond motifs is 3. The number of nitrogens with zero attached hydrogens (tertiary/aromatic N) is 4. The summed E-state index contributed by atoms with van der Waals surface area (Å²) in [6.07, 6.45) is 3.19. The summed E-state index contributed by atoms with van der Waals surface area (Å²) in [7, 11) is -3.77. The minimum absolute atomic E-state index is 0.0235. The average molecular weight is 570 g/mol. The van der Waals surface area contributed by atoms with E-state index in [2.05, 4.69) is 15.3 Å². The van der Waals surface area contributed by atoms with Crippen molar-refractivity contribution in [2.45, 2.75) is 18.0 Å². The molecule has 5 heterocycles. The van der Waals surface area contributed by atoms with Gasteiger partial charge in [0.2, 0.25) is 0 Å². The van der Waals surface area contributed by atoms with Gasteiger partial charge in [-0.2, -0.15) is 0 Å². The maximum atomic E-state index is 14.7. The minimum atomic E-state index is -3.77. The zero-order valence-electron chi connectivity index (χ0n) is 20.4. The molecule has 39 heavy (non-hydrogen) atoms. The SMILES string of the molecule is O=C(NCc1cc2nc(N3CCOc4cc(Cl)cnc43)ccc2cn1)c1cc(F)c2c(c1)S(=O)(=O)CCOC2. The van der Waals surface area contributed by atoms with Gasteiger partial charge in [0, 0.05) is 35.0 Å². The number of pyridine rings is 3. The fraction of sp³-hybridized carbons (Fsp3) is 0.231. The molecule has 0 atom stereocenters. The first-order valence-electron chi connectivity index (χ1n) is 12.0. The number of nitrogens with one attached hydrogen (secondary N) is 1. The topological polar surface area (TPSA) is 124 Å². The highest BCUT2D eigenvalue weighted by atomic mass is 35.5. The third-order valence-corrected chi connectivity index (χ3v) is 8.39. The van der Waals surface area contributed by atoms with E-state index in [-0.39, 0.29) is 41.5 Å². The Morgan fingerprint density at radius 2 is 2.00 bits per heavy atom. The van der Waals surface area contributed by atoms with Gasteiger partial charge in [0.1, 0.15) is 18.2 Å². The highest BCUT2D eigenvalue weighted by Gasteiger charge is 2.27. The van der Waals surface area contributed by atoms with Gasteiger partial charge in [0.25, 0.3) is 5.91 Å². The molecule has 0 radical (unpaired) electrons. The molecule has 0 bridgehead atoms. The Bertz CT molecular complexity index is 1740. The second kappa shape index (κ2) is 10.0. The minimum Gasteiger partial charge on any atom is -0.488 e. The first-order chi connectivity index (χ1) is 18.8. The van der Waals surface area contributed by atoms with E-state index < -0.39 is 21.6 Å². The monoisotopic (exact) mass is 569 g/mol. The molecule has 1 N–H and O–H groups in total. The van der Waals surface area contributed by atoms with Crippen molar-refractivity contribution in [3.05, 3.63) is 76.5 Å². The predicted molar refractivity (Wildman–Crippen MR) is 141 cm³/mol. The lowest BCUT2D eigenvalue weighted by Crippen LogP contribution is -2.30. The number of benzene rings is 1. The molecule has 0 fully saturated rings. The Balaban J connectivity index is 1.23. The Morgan fingerprint density at radius 1 is 1.13 bits per heavy atom. The molecular formula is C26H21ClFN5O5S. The van der Waals surface area contributed by atoms with E-state index in [9.17, 15) is 17.6 Å². The van der Waals surface area contributed by atoms with Crippen LogP contribution in [-0.2, 0) is 27.7 Å². The van der Waals surface area contributed by atoms with Gasteiger partial charge in [-0.15, -0.1) is 0 Å². The van der Waals surface area contributed by atoms with Crippen molar-refractivity contribution < 1.29 is 27.1 Å². The normalized spacial score (nSPS) is 16.1. The molecule has 0 saturated heterocycles. The summed E-state index contributed by atoms with van der Waals surface area (Å²) in [4.78, 5) is 28.1. The summed E-state index contributed by atoms with van der Waals surface area (Å²) in [5.41, 5.74) is 1.000. The molecule has 10 nitrogen and oxygen atoms in total. The largest absolute Gasteiger partial charge is 0.488 e. The maximum Gasteiger partial charge on any atom is 0.251 e. The molecule has 6 rings (SSSR count). The van der Waals surface area contributed by atoms with Gasteiger partial charge in [-0.05, 0) is 30.3 Å². The lowest BCUT2D eigenvalue weighted by Gasteiger charge is -2.29. The van der Waals surface area contributed by atoms with Crippen LogP contribution in [0.25, 0.3) is 10.9 Å². The second-order valence-corrected chi connectivity index (χ2v) is 11.5. The molecule has 0 aliphatic carbocycles. The molecule has 0 spiro atoms. The molecule has 13 heteroatoms. The van der Waals surface area contributed by atoms with Crippen LogP contribution in [0.5, 0.6) is 5.75 Å². The molecule has 0 saturated carbocycles. The average Bonchev–Trinajstić information content (AvgIpc) is 3.08. The number of sulfone groups is 1. The molecule has 0 unspecified atom stereocenters. The zero-order chi connectivity index (χ0) is 27.1. The predicted octanol–water partition coefficient (Wildman–Crippen LogP) is 3.58. The smallest absolute Gasteiger partial charge is 0.251 e. The molecule has 2 aliphatic rings. The molecule has 1 amide bonds. The molecule has 4 aromatic rings. The number of aromatic nitrogens is 3. The number of hydrogen-bond donors (Lipinski definition) is 1. The van der Waals surface area contributed by atoms with Crippen LogP contribution in [0, 0.1) is 5.82 Å². The van der Waals surface area contributed by atoms with Crippen molar-refractivity contribution in [3.63, 3.8) is 0 Å². The van der Waals surface area contributed by atoms with E-state index >= 15 is 0 Å². The maximum absolute atomic E-state index is 14.7. The van der Waals surface area contributed by atoms with E-state index in [4.69, 9.17) is 26.1 Å². The van der Waals surface area contributed by atoms with E-state index in [0.29, 0.717) is 46.8 Å². The number of carbonyl (C=O) groups is 1. The number of anilines is 2. The third-order valence-electron chi connectivity index (χ3n) is 6.44. The summed E-state index contributed by atoms with van der Waals surface area (Å²) in [5, 5.41) is 3.96. The number of halogens is 2. The van der Waals surface area contributed by atoms with Crippen LogP contribution in [0.1, 0.15) is 21.6 Å². The van der Waals surface area contributed by atoms with Crippen molar-refractivity contribution in [2.75, 3.05) is 30.4 Å². The van der Waals surface area contributed by atoms with Gasteiger partial charge in [-0.3, -0.25) is 9.78 Å². The highest BCUT2D eigenvalue weighted by molar-refractivity contribution is 7.91. The van der Waals surface area contributed by atoms with Crippen molar-refractivity contribution in [1.29, 1.82) is 0 Å². The lowest BCUT2D eigenvalue weighted by molar-refractivity contribution is 0.0949. The number of carbonyl (C=O) groups excluding carboxylic acids is 1.